The van der Waals surface area contributed by atoms with Gasteiger partial charge in [0.05, 0.1) is 6.10 Å². The molecule has 2 nitrogen and oxygen atoms in total. The van der Waals surface area contributed by atoms with Crippen molar-refractivity contribution in [2.24, 2.45) is 5.92 Å². The summed E-state index contributed by atoms with van der Waals surface area (Å²) in [6, 6.07) is 0.689. The minimum Gasteiger partial charge on any atom is -0.393 e. The summed E-state index contributed by atoms with van der Waals surface area (Å²) in [6.45, 7) is 5.60. The van der Waals surface area contributed by atoms with E-state index in [1.54, 1.807) is 0 Å². The summed E-state index contributed by atoms with van der Waals surface area (Å²) in [5.41, 5.74) is 0. The van der Waals surface area contributed by atoms with Crippen LogP contribution in [-0.4, -0.2) is 23.8 Å². The lowest BCUT2D eigenvalue weighted by molar-refractivity contribution is 0.0994. The van der Waals surface area contributed by atoms with E-state index in [1.807, 2.05) is 0 Å². The van der Waals surface area contributed by atoms with E-state index < -0.39 is 0 Å². The fraction of sp³-hybridized carbons (Fsp3) is 1.00. The molecule has 0 aromatic heterocycles. The summed E-state index contributed by atoms with van der Waals surface area (Å²) in [7, 11) is 0. The molecule has 1 rings (SSSR count). The van der Waals surface area contributed by atoms with Crippen LogP contribution in [0.2, 0.25) is 0 Å². The van der Waals surface area contributed by atoms with Gasteiger partial charge in [-0.25, -0.2) is 0 Å². The van der Waals surface area contributed by atoms with Crippen molar-refractivity contribution in [3.63, 3.8) is 0 Å². The molecule has 2 heteroatoms. The van der Waals surface area contributed by atoms with Gasteiger partial charge in [-0.2, -0.15) is 0 Å². The maximum absolute atomic E-state index is 9.58. The lowest BCUT2D eigenvalue weighted by Gasteiger charge is -2.28. The Morgan fingerprint density at radius 2 is 2.13 bits per heavy atom. The number of hydrogen-bond acceptors (Lipinski definition) is 2. The molecule has 3 atom stereocenters. The van der Waals surface area contributed by atoms with E-state index in [2.05, 4.69) is 19.2 Å². The largest absolute Gasteiger partial charge is 0.393 e. The molecule has 0 aromatic carbocycles. The van der Waals surface area contributed by atoms with Gasteiger partial charge >= 0.3 is 0 Å². The second-order valence-electron chi connectivity index (χ2n) is 4.99. The summed E-state index contributed by atoms with van der Waals surface area (Å²) in [5.74, 6) is 0.708. The Morgan fingerprint density at radius 1 is 1.33 bits per heavy atom. The third-order valence-corrected chi connectivity index (χ3v) is 3.58. The van der Waals surface area contributed by atoms with Crippen molar-refractivity contribution in [2.75, 3.05) is 6.54 Å². The summed E-state index contributed by atoms with van der Waals surface area (Å²) in [4.78, 5) is 0. The summed E-state index contributed by atoms with van der Waals surface area (Å²) in [5, 5.41) is 13.2. The van der Waals surface area contributed by atoms with E-state index in [0.29, 0.717) is 12.0 Å². The fourth-order valence-corrected chi connectivity index (χ4v) is 2.58. The van der Waals surface area contributed by atoms with Gasteiger partial charge in [0, 0.05) is 6.04 Å². The molecule has 3 unspecified atom stereocenters. The lowest BCUT2D eigenvalue weighted by atomic mass is 9.87. The van der Waals surface area contributed by atoms with Gasteiger partial charge in [-0.1, -0.05) is 26.7 Å². The monoisotopic (exact) mass is 213 g/mol. The van der Waals surface area contributed by atoms with Gasteiger partial charge in [0.1, 0.15) is 0 Å². The lowest BCUT2D eigenvalue weighted by Crippen LogP contribution is -2.35. The van der Waals surface area contributed by atoms with Crippen LogP contribution in [0.4, 0.5) is 0 Å². The van der Waals surface area contributed by atoms with E-state index in [0.717, 1.165) is 19.4 Å². The minimum atomic E-state index is -0.0307. The molecule has 15 heavy (non-hydrogen) atoms. The average Bonchev–Trinajstić information content (AvgIpc) is 2.24. The van der Waals surface area contributed by atoms with Crippen LogP contribution < -0.4 is 5.32 Å². The Hall–Kier alpha value is -0.0800. The Morgan fingerprint density at radius 3 is 2.73 bits per heavy atom. The summed E-state index contributed by atoms with van der Waals surface area (Å²) < 4.78 is 0. The van der Waals surface area contributed by atoms with Gasteiger partial charge in [-0.15, -0.1) is 0 Å². The van der Waals surface area contributed by atoms with Gasteiger partial charge in [0.25, 0.3) is 0 Å². The van der Waals surface area contributed by atoms with Gasteiger partial charge in [0.2, 0.25) is 0 Å². The first-order valence-corrected chi connectivity index (χ1v) is 6.67. The molecule has 0 bridgehead atoms. The molecule has 2 N–H and O–H groups in total. The smallest absolute Gasteiger partial charge is 0.0543 e. The van der Waals surface area contributed by atoms with Gasteiger partial charge in [0.15, 0.2) is 0 Å². The molecule has 90 valence electrons. The first-order valence-electron chi connectivity index (χ1n) is 6.67. The Bertz CT molecular complexity index is 161. The maximum Gasteiger partial charge on any atom is 0.0543 e. The van der Waals surface area contributed by atoms with Crippen LogP contribution in [0.1, 0.15) is 58.8 Å². The highest BCUT2D eigenvalue weighted by Gasteiger charge is 2.20. The van der Waals surface area contributed by atoms with Crippen LogP contribution in [-0.2, 0) is 0 Å². The predicted molar refractivity (Wildman–Crippen MR) is 65.0 cm³/mol. The fourth-order valence-electron chi connectivity index (χ4n) is 2.58. The first-order chi connectivity index (χ1) is 7.26. The van der Waals surface area contributed by atoms with E-state index in [-0.39, 0.29) is 6.10 Å². The Labute approximate surface area is 94.5 Å². The molecule has 1 aliphatic rings. The molecule has 1 aliphatic carbocycles. The minimum absolute atomic E-state index is 0.0307. The molecular weight excluding hydrogens is 186 g/mol. The second kappa shape index (κ2) is 7.24. The van der Waals surface area contributed by atoms with Crippen LogP contribution >= 0.6 is 0 Å². The molecule has 0 spiro atoms. The summed E-state index contributed by atoms with van der Waals surface area (Å²) in [6.07, 6.45) is 8.27. The van der Waals surface area contributed by atoms with Crippen LogP contribution in [0, 0.1) is 5.92 Å². The zero-order chi connectivity index (χ0) is 11.1. The molecule has 0 aromatic rings. The Kier molecular flexibility index (Phi) is 6.26. The third kappa shape index (κ3) is 4.98. The van der Waals surface area contributed by atoms with Crippen molar-refractivity contribution in [3.05, 3.63) is 0 Å². The van der Waals surface area contributed by atoms with Crippen LogP contribution in [0.3, 0.4) is 0 Å². The van der Waals surface area contributed by atoms with Gasteiger partial charge in [-0.3, -0.25) is 0 Å². The van der Waals surface area contributed by atoms with E-state index in [9.17, 15) is 5.11 Å². The zero-order valence-corrected chi connectivity index (χ0v) is 10.3. The standard InChI is InChI=1S/C13H27NO/c1-3-6-12(4-2)14-10-11-7-5-8-13(15)9-11/h11-15H,3-10H2,1-2H3. The molecule has 0 amide bonds. The molecule has 1 saturated carbocycles. The highest BCUT2D eigenvalue weighted by molar-refractivity contribution is 4.75. The molecule has 0 aliphatic heterocycles. The summed E-state index contributed by atoms with van der Waals surface area (Å²) >= 11 is 0. The van der Waals surface area contributed by atoms with Crippen molar-refractivity contribution in [2.45, 2.75) is 70.9 Å². The molecular formula is C13H27NO. The zero-order valence-electron chi connectivity index (χ0n) is 10.3. The van der Waals surface area contributed by atoms with Crippen LogP contribution in [0.5, 0.6) is 0 Å². The average molecular weight is 213 g/mol. The molecule has 0 heterocycles. The number of hydrogen-bond donors (Lipinski definition) is 2. The molecule has 0 radical (unpaired) electrons. The Balaban J connectivity index is 2.16. The van der Waals surface area contributed by atoms with Gasteiger partial charge < -0.3 is 10.4 Å². The highest BCUT2D eigenvalue weighted by Crippen LogP contribution is 2.23. The van der Waals surface area contributed by atoms with Crippen molar-refractivity contribution in [3.8, 4) is 0 Å². The predicted octanol–water partition coefficient (Wildman–Crippen LogP) is 2.71. The normalized spacial score (nSPS) is 29.0. The highest BCUT2D eigenvalue weighted by atomic mass is 16.3. The number of aliphatic hydroxyl groups is 1. The maximum atomic E-state index is 9.58. The number of nitrogens with one attached hydrogen (secondary N) is 1. The number of aliphatic hydroxyl groups excluding tert-OH is 1. The van der Waals surface area contributed by atoms with E-state index in [1.165, 1.54) is 32.1 Å². The van der Waals surface area contributed by atoms with Crippen molar-refractivity contribution >= 4 is 0 Å². The number of rotatable bonds is 6. The topological polar surface area (TPSA) is 32.3 Å². The van der Waals surface area contributed by atoms with E-state index >= 15 is 0 Å². The van der Waals surface area contributed by atoms with Crippen molar-refractivity contribution < 1.29 is 5.11 Å². The molecule has 1 fully saturated rings. The van der Waals surface area contributed by atoms with E-state index in [4.69, 9.17) is 0 Å². The SMILES string of the molecule is CCCC(CC)NCC1CCCC(O)C1. The molecule has 0 saturated heterocycles. The van der Waals surface area contributed by atoms with Gasteiger partial charge in [-0.05, 0) is 44.6 Å². The van der Waals surface area contributed by atoms with Crippen LogP contribution in [0.15, 0.2) is 0 Å². The quantitative estimate of drug-likeness (QED) is 0.711. The second-order valence-corrected chi connectivity index (χ2v) is 4.99. The van der Waals surface area contributed by atoms with Crippen LogP contribution in [0.25, 0.3) is 0 Å². The van der Waals surface area contributed by atoms with Crippen molar-refractivity contribution in [1.82, 2.24) is 5.32 Å². The first kappa shape index (κ1) is 13.0. The third-order valence-electron chi connectivity index (χ3n) is 3.58. The van der Waals surface area contributed by atoms with Crippen molar-refractivity contribution in [1.29, 1.82) is 0 Å².